The molecule has 0 saturated carbocycles. The van der Waals surface area contributed by atoms with Gasteiger partial charge in [-0.3, -0.25) is 0 Å². The van der Waals surface area contributed by atoms with E-state index in [-0.39, 0.29) is 5.75 Å². The summed E-state index contributed by atoms with van der Waals surface area (Å²) in [5.74, 6) is 0.182. The minimum atomic E-state index is -1.72. The van der Waals surface area contributed by atoms with Gasteiger partial charge in [-0.25, -0.2) is 4.21 Å². The molecule has 0 saturated heterocycles. The Morgan fingerprint density at radius 2 is 2.10 bits per heavy atom. The molecule has 10 heavy (non-hydrogen) atoms. The van der Waals surface area contributed by atoms with Gasteiger partial charge in [0.15, 0.2) is 11.1 Å². The van der Waals surface area contributed by atoms with Crippen molar-refractivity contribution in [1.29, 1.82) is 0 Å². The van der Waals surface area contributed by atoms with Crippen molar-refractivity contribution in [2.75, 3.05) is 5.75 Å². The molecule has 0 radical (unpaired) electrons. The fraction of sp³-hybridized carbons (Fsp3) is 0.143. The molecule has 0 fully saturated rings. The zero-order valence-corrected chi connectivity index (χ0v) is 6.38. The van der Waals surface area contributed by atoms with Crippen LogP contribution in [0, 0.1) is 0 Å². The van der Waals surface area contributed by atoms with E-state index < -0.39 is 11.1 Å². The molecule has 3 heteroatoms. The summed E-state index contributed by atoms with van der Waals surface area (Å²) in [6.07, 6.45) is 8.46. The average Bonchev–Trinajstić information content (AvgIpc) is 1.87. The van der Waals surface area contributed by atoms with E-state index in [0.717, 1.165) is 0 Å². The van der Waals surface area contributed by atoms with Crippen molar-refractivity contribution in [2.45, 2.75) is 0 Å². The van der Waals surface area contributed by atoms with Gasteiger partial charge in [-0.2, -0.15) is 0 Å². The van der Waals surface area contributed by atoms with Crippen LogP contribution in [0.15, 0.2) is 37.0 Å². The predicted octanol–water partition coefficient (Wildman–Crippen LogP) is 1.51. The highest BCUT2D eigenvalue weighted by molar-refractivity contribution is 7.79. The van der Waals surface area contributed by atoms with Crippen molar-refractivity contribution < 1.29 is 8.76 Å². The molecule has 0 amide bonds. The monoisotopic (exact) mass is 158 g/mol. The lowest BCUT2D eigenvalue weighted by Crippen LogP contribution is -1.88. The first-order valence-electron chi connectivity index (χ1n) is 2.79. The Hall–Kier alpha value is -0.670. The van der Waals surface area contributed by atoms with E-state index in [1.54, 1.807) is 30.4 Å². The molecule has 0 aromatic rings. The van der Waals surface area contributed by atoms with E-state index in [0.29, 0.717) is 0 Å². The first-order valence-corrected chi connectivity index (χ1v) is 4.06. The van der Waals surface area contributed by atoms with Crippen molar-refractivity contribution in [3.05, 3.63) is 37.0 Å². The molecule has 0 heterocycles. The van der Waals surface area contributed by atoms with Crippen LogP contribution in [0.25, 0.3) is 0 Å². The molecule has 1 unspecified atom stereocenters. The smallest absolute Gasteiger partial charge is 0.156 e. The molecule has 1 atom stereocenters. The van der Waals surface area contributed by atoms with Gasteiger partial charge < -0.3 is 4.55 Å². The van der Waals surface area contributed by atoms with Gasteiger partial charge in [0.1, 0.15) is 0 Å². The Labute approximate surface area is 63.2 Å². The molecule has 0 rings (SSSR count). The lowest BCUT2D eigenvalue weighted by atomic mass is 10.4. The van der Waals surface area contributed by atoms with Crippen LogP contribution in [0.5, 0.6) is 0 Å². The van der Waals surface area contributed by atoms with Crippen molar-refractivity contribution in [2.24, 2.45) is 0 Å². The second-order valence-corrected chi connectivity index (χ2v) is 2.51. The SMILES string of the molecule is C=C/C=C\C=C/CS(=O)O. The molecule has 0 spiro atoms. The Bertz CT molecular complexity index is 170. The summed E-state index contributed by atoms with van der Waals surface area (Å²) in [4.78, 5) is 0. The highest BCUT2D eigenvalue weighted by Gasteiger charge is 1.82. The highest BCUT2D eigenvalue weighted by Crippen LogP contribution is 1.80. The summed E-state index contributed by atoms with van der Waals surface area (Å²) < 4.78 is 18.3. The summed E-state index contributed by atoms with van der Waals surface area (Å²) in [6, 6.07) is 0. The van der Waals surface area contributed by atoms with Crippen LogP contribution in [0.4, 0.5) is 0 Å². The molecule has 0 aliphatic rings. The molecular formula is C7H10O2S. The van der Waals surface area contributed by atoms with Crippen LogP contribution in [-0.2, 0) is 11.1 Å². The largest absolute Gasteiger partial charge is 0.306 e. The molecule has 56 valence electrons. The first kappa shape index (κ1) is 9.33. The van der Waals surface area contributed by atoms with Gasteiger partial charge in [0.05, 0.1) is 5.75 Å². The third kappa shape index (κ3) is 7.33. The first-order chi connectivity index (χ1) is 4.77. The predicted molar refractivity (Wildman–Crippen MR) is 44.1 cm³/mol. The van der Waals surface area contributed by atoms with Gasteiger partial charge in [0.25, 0.3) is 0 Å². The molecule has 0 aromatic carbocycles. The topological polar surface area (TPSA) is 37.3 Å². The lowest BCUT2D eigenvalue weighted by Gasteiger charge is -1.80. The summed E-state index contributed by atoms with van der Waals surface area (Å²) in [5, 5.41) is 0. The molecule has 0 aromatic heterocycles. The van der Waals surface area contributed by atoms with Gasteiger partial charge in [0, 0.05) is 0 Å². The number of allylic oxidation sites excluding steroid dienone is 4. The van der Waals surface area contributed by atoms with E-state index >= 15 is 0 Å². The Balaban J connectivity index is 3.46. The van der Waals surface area contributed by atoms with Crippen LogP contribution in [-0.4, -0.2) is 14.5 Å². The molecule has 1 N–H and O–H groups in total. The van der Waals surface area contributed by atoms with Gasteiger partial charge in [-0.15, -0.1) is 0 Å². The summed E-state index contributed by atoms with van der Waals surface area (Å²) in [7, 11) is 0. The van der Waals surface area contributed by atoms with Crippen molar-refractivity contribution in [3.63, 3.8) is 0 Å². The van der Waals surface area contributed by atoms with Gasteiger partial charge in [-0.05, 0) is 0 Å². The maximum Gasteiger partial charge on any atom is 0.156 e. The molecule has 0 aliphatic carbocycles. The third-order valence-corrected chi connectivity index (χ3v) is 1.21. The van der Waals surface area contributed by atoms with Gasteiger partial charge in [0.2, 0.25) is 0 Å². The normalized spacial score (nSPS) is 14.5. The van der Waals surface area contributed by atoms with E-state index in [1.165, 1.54) is 0 Å². The minimum Gasteiger partial charge on any atom is -0.306 e. The maximum absolute atomic E-state index is 10.0. The maximum atomic E-state index is 10.0. The minimum absolute atomic E-state index is 0.182. The number of rotatable bonds is 4. The van der Waals surface area contributed by atoms with Crippen LogP contribution in [0.3, 0.4) is 0 Å². The Kier molecular flexibility index (Phi) is 6.02. The highest BCUT2D eigenvalue weighted by atomic mass is 32.2. The van der Waals surface area contributed by atoms with Crippen LogP contribution < -0.4 is 0 Å². The fourth-order valence-corrected chi connectivity index (χ4v) is 0.635. The third-order valence-electron chi connectivity index (χ3n) is 0.733. The fourth-order valence-electron chi connectivity index (χ4n) is 0.359. The van der Waals surface area contributed by atoms with Crippen molar-refractivity contribution in [1.82, 2.24) is 0 Å². The summed E-state index contributed by atoms with van der Waals surface area (Å²) in [6.45, 7) is 3.46. The standard InChI is InChI=1S/C7H10O2S/c1-2-3-4-5-6-7-10(8)9/h2-6H,1,7H2,(H,8,9)/b4-3-,6-5-. The van der Waals surface area contributed by atoms with E-state index in [1.807, 2.05) is 0 Å². The Morgan fingerprint density at radius 1 is 1.40 bits per heavy atom. The summed E-state index contributed by atoms with van der Waals surface area (Å²) in [5.41, 5.74) is 0. The van der Waals surface area contributed by atoms with Gasteiger partial charge in [-0.1, -0.05) is 37.0 Å². The average molecular weight is 158 g/mol. The van der Waals surface area contributed by atoms with Gasteiger partial charge >= 0.3 is 0 Å². The zero-order chi connectivity index (χ0) is 7.82. The van der Waals surface area contributed by atoms with Crippen molar-refractivity contribution >= 4 is 11.1 Å². The number of hydrogen-bond acceptors (Lipinski definition) is 1. The van der Waals surface area contributed by atoms with E-state index in [4.69, 9.17) is 4.55 Å². The second-order valence-electron chi connectivity index (χ2n) is 1.54. The zero-order valence-electron chi connectivity index (χ0n) is 5.56. The quantitative estimate of drug-likeness (QED) is 0.497. The van der Waals surface area contributed by atoms with E-state index in [9.17, 15) is 4.21 Å². The molecule has 0 bridgehead atoms. The van der Waals surface area contributed by atoms with Crippen LogP contribution in [0.2, 0.25) is 0 Å². The molecule has 0 aliphatic heterocycles. The molecule has 2 nitrogen and oxygen atoms in total. The Morgan fingerprint density at radius 3 is 2.60 bits per heavy atom. The second kappa shape index (κ2) is 6.45. The lowest BCUT2D eigenvalue weighted by molar-refractivity contribution is 0.567. The van der Waals surface area contributed by atoms with Crippen LogP contribution >= 0.6 is 0 Å². The molecular weight excluding hydrogens is 148 g/mol. The number of hydrogen-bond donors (Lipinski definition) is 1. The van der Waals surface area contributed by atoms with Crippen LogP contribution in [0.1, 0.15) is 0 Å². The summed E-state index contributed by atoms with van der Waals surface area (Å²) >= 11 is -1.72. The van der Waals surface area contributed by atoms with E-state index in [2.05, 4.69) is 6.58 Å². The van der Waals surface area contributed by atoms with Crippen molar-refractivity contribution in [3.8, 4) is 0 Å².